The first kappa shape index (κ1) is 16.2. The Balaban J connectivity index is 2.02. The Kier molecular flexibility index (Phi) is 5.08. The molecule has 0 spiro atoms. The highest BCUT2D eigenvalue weighted by molar-refractivity contribution is 5.64. The molecule has 2 aromatic rings. The average Bonchev–Trinajstić information content (AvgIpc) is 2.51. The van der Waals surface area contributed by atoms with Gasteiger partial charge in [-0.25, -0.2) is 9.18 Å². The minimum absolute atomic E-state index is 0.0679. The molecule has 120 valence electrons. The first-order valence-corrected chi connectivity index (χ1v) is 6.63. The number of hydrogen-bond donors (Lipinski definition) is 2. The summed E-state index contributed by atoms with van der Waals surface area (Å²) in [6.07, 6.45) is -0.853. The molecule has 3 N–H and O–H groups in total. The van der Waals surface area contributed by atoms with E-state index >= 15 is 0 Å². The van der Waals surface area contributed by atoms with Crippen LogP contribution in [-0.4, -0.2) is 11.0 Å². The summed E-state index contributed by atoms with van der Waals surface area (Å²) in [6, 6.07) is 10.2. The minimum atomic E-state index is -0.853. The van der Waals surface area contributed by atoms with Crippen molar-refractivity contribution in [1.29, 1.82) is 0 Å². The van der Waals surface area contributed by atoms with Gasteiger partial charge in [0.2, 0.25) is 0 Å². The van der Waals surface area contributed by atoms with Gasteiger partial charge in [-0.05, 0) is 17.2 Å². The Morgan fingerprint density at radius 3 is 2.48 bits per heavy atom. The van der Waals surface area contributed by atoms with E-state index in [2.05, 4.69) is 10.1 Å². The molecule has 7 nitrogen and oxygen atoms in total. The number of nitro groups is 1. The number of nitrogens with one attached hydrogen (secondary N) is 1. The van der Waals surface area contributed by atoms with Crippen LogP contribution in [0, 0.1) is 15.9 Å². The van der Waals surface area contributed by atoms with Gasteiger partial charge in [0.25, 0.3) is 5.69 Å². The third-order valence-electron chi connectivity index (χ3n) is 3.04. The largest absolute Gasteiger partial charge is 0.445 e. The Labute approximate surface area is 131 Å². The van der Waals surface area contributed by atoms with Crippen LogP contribution in [0.3, 0.4) is 0 Å². The number of rotatable bonds is 6. The van der Waals surface area contributed by atoms with Crippen molar-refractivity contribution in [2.75, 3.05) is 5.32 Å². The average molecular weight is 319 g/mol. The number of nitrogens with zero attached hydrogens (tertiary/aromatic N) is 1. The smallest absolute Gasteiger partial charge is 0.404 e. The Hall–Kier alpha value is -3.16. The lowest BCUT2D eigenvalue weighted by Crippen LogP contribution is -2.12. The Morgan fingerprint density at radius 2 is 1.87 bits per heavy atom. The number of carbonyl (C=O) groups excluding carboxylic acids is 1. The van der Waals surface area contributed by atoms with Gasteiger partial charge in [-0.3, -0.25) is 10.1 Å². The van der Waals surface area contributed by atoms with E-state index in [0.717, 1.165) is 29.3 Å². The van der Waals surface area contributed by atoms with E-state index in [1.54, 1.807) is 24.3 Å². The third kappa shape index (κ3) is 4.67. The summed E-state index contributed by atoms with van der Waals surface area (Å²) in [7, 11) is 0. The zero-order valence-electron chi connectivity index (χ0n) is 12.0. The summed E-state index contributed by atoms with van der Waals surface area (Å²) in [4.78, 5) is 20.8. The minimum Gasteiger partial charge on any atom is -0.445 e. The first-order chi connectivity index (χ1) is 11.0. The molecule has 0 aliphatic rings. The van der Waals surface area contributed by atoms with E-state index in [-0.39, 0.29) is 24.5 Å². The van der Waals surface area contributed by atoms with Crippen LogP contribution in [0.4, 0.5) is 20.6 Å². The molecular formula is C15H14FN3O4. The lowest BCUT2D eigenvalue weighted by molar-refractivity contribution is -0.384. The van der Waals surface area contributed by atoms with Gasteiger partial charge in [-0.15, -0.1) is 0 Å². The van der Waals surface area contributed by atoms with Crippen LogP contribution in [0.25, 0.3) is 0 Å². The number of carbonyl (C=O) groups is 1. The number of benzene rings is 2. The van der Waals surface area contributed by atoms with Gasteiger partial charge in [0.15, 0.2) is 0 Å². The molecule has 0 heterocycles. The Bertz CT molecular complexity index is 719. The zero-order chi connectivity index (χ0) is 16.8. The maximum atomic E-state index is 13.2. The SMILES string of the molecule is NC(=O)OCc1ccc(CNc2cc(F)ccc2[N+](=O)[O-])cc1. The predicted molar refractivity (Wildman–Crippen MR) is 81.2 cm³/mol. The van der Waals surface area contributed by atoms with Gasteiger partial charge < -0.3 is 15.8 Å². The normalized spacial score (nSPS) is 10.1. The van der Waals surface area contributed by atoms with Crippen LogP contribution in [0.15, 0.2) is 42.5 Å². The number of amides is 1. The lowest BCUT2D eigenvalue weighted by Gasteiger charge is -2.08. The van der Waals surface area contributed by atoms with Crippen molar-refractivity contribution >= 4 is 17.5 Å². The topological polar surface area (TPSA) is 107 Å². The number of nitro benzene ring substituents is 1. The van der Waals surface area contributed by atoms with E-state index in [1.165, 1.54) is 0 Å². The van der Waals surface area contributed by atoms with E-state index in [1.807, 2.05) is 0 Å². The van der Waals surface area contributed by atoms with Crippen molar-refractivity contribution in [2.24, 2.45) is 5.73 Å². The number of primary amides is 1. The molecule has 23 heavy (non-hydrogen) atoms. The zero-order valence-corrected chi connectivity index (χ0v) is 12.0. The van der Waals surface area contributed by atoms with Crippen LogP contribution in [0.2, 0.25) is 0 Å². The number of anilines is 1. The molecule has 0 bridgehead atoms. The molecule has 0 saturated carbocycles. The summed E-state index contributed by atoms with van der Waals surface area (Å²) in [5, 5.41) is 13.7. The summed E-state index contributed by atoms with van der Waals surface area (Å²) >= 11 is 0. The second-order valence-electron chi connectivity index (χ2n) is 4.70. The van der Waals surface area contributed by atoms with Crippen molar-refractivity contribution < 1.29 is 18.8 Å². The van der Waals surface area contributed by atoms with Gasteiger partial charge >= 0.3 is 6.09 Å². The molecule has 0 fully saturated rings. The van der Waals surface area contributed by atoms with Crippen molar-refractivity contribution in [3.8, 4) is 0 Å². The molecular weight excluding hydrogens is 305 g/mol. The first-order valence-electron chi connectivity index (χ1n) is 6.63. The van der Waals surface area contributed by atoms with Crippen LogP contribution >= 0.6 is 0 Å². The highest BCUT2D eigenvalue weighted by atomic mass is 19.1. The van der Waals surface area contributed by atoms with Crippen LogP contribution < -0.4 is 11.1 Å². The molecule has 2 aromatic carbocycles. The molecule has 0 atom stereocenters. The molecule has 0 aliphatic heterocycles. The molecule has 8 heteroatoms. The fourth-order valence-corrected chi connectivity index (χ4v) is 1.91. The summed E-state index contributed by atoms with van der Waals surface area (Å²) in [5.74, 6) is -0.558. The number of hydrogen-bond acceptors (Lipinski definition) is 5. The maximum absolute atomic E-state index is 13.2. The van der Waals surface area contributed by atoms with Crippen LogP contribution in [-0.2, 0) is 17.9 Å². The summed E-state index contributed by atoms with van der Waals surface area (Å²) in [6.45, 7) is 0.347. The number of nitrogens with two attached hydrogens (primary N) is 1. The summed E-state index contributed by atoms with van der Waals surface area (Å²) < 4.78 is 17.9. The fraction of sp³-hybridized carbons (Fsp3) is 0.133. The van der Waals surface area contributed by atoms with Gasteiger partial charge in [0.05, 0.1) is 4.92 Å². The van der Waals surface area contributed by atoms with Crippen LogP contribution in [0.1, 0.15) is 11.1 Å². The lowest BCUT2D eigenvalue weighted by atomic mass is 10.1. The van der Waals surface area contributed by atoms with Gasteiger partial charge in [0, 0.05) is 18.7 Å². The van der Waals surface area contributed by atoms with E-state index in [0.29, 0.717) is 0 Å². The summed E-state index contributed by atoms with van der Waals surface area (Å²) in [5.41, 5.74) is 6.37. The van der Waals surface area contributed by atoms with Crippen molar-refractivity contribution in [2.45, 2.75) is 13.2 Å². The second kappa shape index (κ2) is 7.21. The molecule has 1 amide bonds. The predicted octanol–water partition coefficient (Wildman–Crippen LogP) is 2.94. The number of halogens is 1. The fourth-order valence-electron chi connectivity index (χ4n) is 1.91. The quantitative estimate of drug-likeness (QED) is 0.628. The molecule has 0 aliphatic carbocycles. The second-order valence-corrected chi connectivity index (χ2v) is 4.70. The van der Waals surface area contributed by atoms with Crippen LogP contribution in [0.5, 0.6) is 0 Å². The van der Waals surface area contributed by atoms with Crippen molar-refractivity contribution in [3.05, 3.63) is 69.5 Å². The number of ether oxygens (including phenoxy) is 1. The van der Waals surface area contributed by atoms with E-state index in [4.69, 9.17) is 5.73 Å². The van der Waals surface area contributed by atoms with Crippen molar-refractivity contribution in [1.82, 2.24) is 0 Å². The highest BCUT2D eigenvalue weighted by Crippen LogP contribution is 2.25. The molecule has 0 unspecified atom stereocenters. The molecule has 2 rings (SSSR count). The molecule has 0 saturated heterocycles. The molecule has 0 aromatic heterocycles. The third-order valence-corrected chi connectivity index (χ3v) is 3.04. The standard InChI is InChI=1S/C15H14FN3O4/c16-12-5-6-14(19(21)22)13(7-12)18-8-10-1-3-11(4-2-10)9-23-15(17)20/h1-7,18H,8-9H2,(H2,17,20). The Morgan fingerprint density at radius 1 is 1.22 bits per heavy atom. The van der Waals surface area contributed by atoms with E-state index in [9.17, 15) is 19.3 Å². The van der Waals surface area contributed by atoms with Gasteiger partial charge in [0.1, 0.15) is 18.1 Å². The maximum Gasteiger partial charge on any atom is 0.404 e. The van der Waals surface area contributed by atoms with Gasteiger partial charge in [-0.1, -0.05) is 24.3 Å². The van der Waals surface area contributed by atoms with Gasteiger partial charge in [-0.2, -0.15) is 0 Å². The van der Waals surface area contributed by atoms with E-state index < -0.39 is 16.8 Å². The molecule has 0 radical (unpaired) electrons. The monoisotopic (exact) mass is 319 g/mol. The highest BCUT2D eigenvalue weighted by Gasteiger charge is 2.14. The van der Waals surface area contributed by atoms with Crippen molar-refractivity contribution in [3.63, 3.8) is 0 Å².